The first kappa shape index (κ1) is 17.3. The van der Waals surface area contributed by atoms with Crippen molar-refractivity contribution < 1.29 is 14.3 Å². The van der Waals surface area contributed by atoms with Gasteiger partial charge in [-0.2, -0.15) is 0 Å². The number of hydrogen-bond donors (Lipinski definition) is 0. The first-order chi connectivity index (χ1) is 11.2. The lowest BCUT2D eigenvalue weighted by Crippen LogP contribution is -2.04. The maximum absolute atomic E-state index is 11.9. The highest BCUT2D eigenvalue weighted by Gasteiger charge is 2.15. The Morgan fingerprint density at radius 2 is 1.61 bits per heavy atom. The lowest BCUT2D eigenvalue weighted by Gasteiger charge is -2.15. The minimum Gasteiger partial charge on any atom is -0.493 e. The zero-order chi connectivity index (χ0) is 16.7. The van der Waals surface area contributed by atoms with Gasteiger partial charge in [0.2, 0.25) is 0 Å². The standard InChI is InChI=1S/C20H26O3/c1-4-6-13-22-19-10-8-9-18-17(19)12-11-16(15(3)21)20(18)23-14-7-5-2/h8-12H,4-7,13-14H2,1-3H3. The summed E-state index contributed by atoms with van der Waals surface area (Å²) in [5, 5.41) is 1.95. The van der Waals surface area contributed by atoms with Gasteiger partial charge in [-0.15, -0.1) is 0 Å². The predicted octanol–water partition coefficient (Wildman–Crippen LogP) is 5.40. The van der Waals surface area contributed by atoms with Crippen LogP contribution < -0.4 is 9.47 Å². The molecule has 0 aliphatic rings. The van der Waals surface area contributed by atoms with Gasteiger partial charge >= 0.3 is 0 Å². The maximum atomic E-state index is 11.9. The molecule has 23 heavy (non-hydrogen) atoms. The van der Waals surface area contributed by atoms with Crippen LogP contribution >= 0.6 is 0 Å². The first-order valence-corrected chi connectivity index (χ1v) is 8.51. The average Bonchev–Trinajstić information content (AvgIpc) is 2.55. The Kier molecular flexibility index (Phi) is 6.45. The molecule has 124 valence electrons. The van der Waals surface area contributed by atoms with E-state index in [9.17, 15) is 4.79 Å². The number of carbonyl (C=O) groups is 1. The summed E-state index contributed by atoms with van der Waals surface area (Å²) in [5.74, 6) is 1.56. The second-order valence-electron chi connectivity index (χ2n) is 5.75. The molecule has 3 nitrogen and oxygen atoms in total. The molecule has 0 aromatic heterocycles. The van der Waals surface area contributed by atoms with Gasteiger partial charge < -0.3 is 9.47 Å². The topological polar surface area (TPSA) is 35.5 Å². The molecular formula is C20H26O3. The van der Waals surface area contributed by atoms with E-state index >= 15 is 0 Å². The number of fused-ring (bicyclic) bond motifs is 1. The number of carbonyl (C=O) groups excluding carboxylic acids is 1. The molecule has 0 saturated carbocycles. The molecule has 0 fully saturated rings. The number of Topliss-reactive ketones (excluding diaryl/α,β-unsaturated/α-hetero) is 1. The third kappa shape index (κ3) is 4.25. The van der Waals surface area contributed by atoms with Crippen molar-refractivity contribution in [3.8, 4) is 11.5 Å². The second kappa shape index (κ2) is 8.56. The highest BCUT2D eigenvalue weighted by molar-refractivity contribution is 6.05. The monoisotopic (exact) mass is 314 g/mol. The fraction of sp³-hybridized carbons (Fsp3) is 0.450. The smallest absolute Gasteiger partial charge is 0.163 e. The van der Waals surface area contributed by atoms with Gasteiger partial charge in [0.25, 0.3) is 0 Å². The molecule has 0 aliphatic heterocycles. The zero-order valence-electron chi connectivity index (χ0n) is 14.4. The predicted molar refractivity (Wildman–Crippen MR) is 94.8 cm³/mol. The van der Waals surface area contributed by atoms with E-state index in [2.05, 4.69) is 13.8 Å². The van der Waals surface area contributed by atoms with Crippen LogP contribution in [0.4, 0.5) is 0 Å². The molecule has 2 aromatic rings. The van der Waals surface area contributed by atoms with E-state index in [1.807, 2.05) is 30.3 Å². The summed E-state index contributed by atoms with van der Waals surface area (Å²) in [4.78, 5) is 11.9. The van der Waals surface area contributed by atoms with Crippen molar-refractivity contribution in [1.82, 2.24) is 0 Å². The molecule has 2 aromatic carbocycles. The van der Waals surface area contributed by atoms with Gasteiger partial charge in [-0.3, -0.25) is 4.79 Å². The highest BCUT2D eigenvalue weighted by atomic mass is 16.5. The second-order valence-corrected chi connectivity index (χ2v) is 5.75. The third-order valence-corrected chi connectivity index (χ3v) is 3.85. The summed E-state index contributed by atoms with van der Waals surface area (Å²) in [6.45, 7) is 7.17. The molecule has 0 radical (unpaired) electrons. The quantitative estimate of drug-likeness (QED) is 0.459. The summed E-state index contributed by atoms with van der Waals surface area (Å²) in [5.41, 5.74) is 0.638. The summed E-state index contributed by atoms with van der Waals surface area (Å²) in [7, 11) is 0. The van der Waals surface area contributed by atoms with Crippen molar-refractivity contribution in [2.45, 2.75) is 46.5 Å². The Balaban J connectivity index is 2.43. The van der Waals surface area contributed by atoms with Crippen LogP contribution in [0.1, 0.15) is 56.8 Å². The molecule has 2 rings (SSSR count). The van der Waals surface area contributed by atoms with Crippen molar-refractivity contribution in [3.63, 3.8) is 0 Å². The van der Waals surface area contributed by atoms with E-state index in [0.29, 0.717) is 24.5 Å². The number of benzene rings is 2. The molecule has 0 aliphatic carbocycles. The third-order valence-electron chi connectivity index (χ3n) is 3.85. The molecule has 0 heterocycles. The lowest BCUT2D eigenvalue weighted by molar-refractivity contribution is 0.101. The van der Waals surface area contributed by atoms with Gasteiger partial charge in [0.1, 0.15) is 11.5 Å². The fourth-order valence-corrected chi connectivity index (χ4v) is 2.51. The van der Waals surface area contributed by atoms with Crippen LogP contribution in [0.15, 0.2) is 30.3 Å². The van der Waals surface area contributed by atoms with Crippen molar-refractivity contribution in [3.05, 3.63) is 35.9 Å². The molecule has 0 saturated heterocycles. The molecule has 0 bridgehead atoms. The molecular weight excluding hydrogens is 288 g/mol. The number of ether oxygens (including phenoxy) is 2. The largest absolute Gasteiger partial charge is 0.493 e. The van der Waals surface area contributed by atoms with Gasteiger partial charge in [0, 0.05) is 10.8 Å². The van der Waals surface area contributed by atoms with E-state index in [1.54, 1.807) is 6.92 Å². The van der Waals surface area contributed by atoms with E-state index in [0.717, 1.165) is 42.2 Å². The highest BCUT2D eigenvalue weighted by Crippen LogP contribution is 2.35. The van der Waals surface area contributed by atoms with Gasteiger partial charge in [-0.1, -0.05) is 38.8 Å². The van der Waals surface area contributed by atoms with Crippen LogP contribution in [0, 0.1) is 0 Å². The first-order valence-electron chi connectivity index (χ1n) is 8.51. The van der Waals surface area contributed by atoms with Crippen molar-refractivity contribution in [1.29, 1.82) is 0 Å². The Hall–Kier alpha value is -2.03. The summed E-state index contributed by atoms with van der Waals surface area (Å²) in [6.07, 6.45) is 4.17. The van der Waals surface area contributed by atoms with Crippen LogP contribution in [-0.2, 0) is 0 Å². The SMILES string of the molecule is CCCCOc1cccc2c(OCCCC)c(C(C)=O)ccc12. The van der Waals surface area contributed by atoms with E-state index < -0.39 is 0 Å². The minimum absolute atomic E-state index is 0.0238. The van der Waals surface area contributed by atoms with Gasteiger partial charge in [0.05, 0.1) is 18.8 Å². The van der Waals surface area contributed by atoms with Crippen LogP contribution in [0.5, 0.6) is 11.5 Å². The summed E-state index contributed by atoms with van der Waals surface area (Å²) >= 11 is 0. The summed E-state index contributed by atoms with van der Waals surface area (Å²) < 4.78 is 11.9. The Morgan fingerprint density at radius 3 is 2.26 bits per heavy atom. The average molecular weight is 314 g/mol. The van der Waals surface area contributed by atoms with Crippen LogP contribution in [0.25, 0.3) is 10.8 Å². The lowest BCUT2D eigenvalue weighted by atomic mass is 10.0. The zero-order valence-corrected chi connectivity index (χ0v) is 14.4. The molecule has 0 spiro atoms. The van der Waals surface area contributed by atoms with Crippen molar-refractivity contribution in [2.75, 3.05) is 13.2 Å². The molecule has 0 N–H and O–H groups in total. The molecule has 0 atom stereocenters. The van der Waals surface area contributed by atoms with E-state index in [-0.39, 0.29) is 5.78 Å². The molecule has 3 heteroatoms. The number of ketones is 1. The summed E-state index contributed by atoms with van der Waals surface area (Å²) in [6, 6.07) is 9.73. The Morgan fingerprint density at radius 1 is 0.913 bits per heavy atom. The van der Waals surface area contributed by atoms with Crippen molar-refractivity contribution in [2.24, 2.45) is 0 Å². The van der Waals surface area contributed by atoms with Crippen LogP contribution in [0.2, 0.25) is 0 Å². The van der Waals surface area contributed by atoms with Gasteiger partial charge in [-0.05, 0) is 38.0 Å². The van der Waals surface area contributed by atoms with Gasteiger partial charge in [0.15, 0.2) is 5.78 Å². The fourth-order valence-electron chi connectivity index (χ4n) is 2.51. The number of rotatable bonds is 9. The normalized spacial score (nSPS) is 10.7. The van der Waals surface area contributed by atoms with Crippen LogP contribution in [-0.4, -0.2) is 19.0 Å². The maximum Gasteiger partial charge on any atom is 0.163 e. The van der Waals surface area contributed by atoms with Gasteiger partial charge in [-0.25, -0.2) is 0 Å². The molecule has 0 amide bonds. The number of hydrogen-bond acceptors (Lipinski definition) is 3. The van der Waals surface area contributed by atoms with Crippen LogP contribution in [0.3, 0.4) is 0 Å². The number of unbranched alkanes of at least 4 members (excludes halogenated alkanes) is 2. The molecule has 0 unspecified atom stereocenters. The Labute approximate surface area is 138 Å². The minimum atomic E-state index is 0.0238. The van der Waals surface area contributed by atoms with E-state index in [1.165, 1.54) is 0 Å². The van der Waals surface area contributed by atoms with Crippen molar-refractivity contribution >= 4 is 16.6 Å². The Bertz CT molecular complexity index is 661. The van der Waals surface area contributed by atoms with E-state index in [4.69, 9.17) is 9.47 Å².